The Kier molecular flexibility index (Phi) is 6.33. The lowest BCUT2D eigenvalue weighted by Crippen LogP contribution is -2.35. The fourth-order valence-electron chi connectivity index (χ4n) is 4.02. The minimum Gasteiger partial charge on any atom is -0.374 e. The van der Waals surface area contributed by atoms with Gasteiger partial charge in [-0.3, -0.25) is 4.79 Å². The minimum atomic E-state index is -0.0185. The number of hydrogen-bond acceptors (Lipinski definition) is 3. The third-order valence-corrected chi connectivity index (χ3v) is 5.93. The molecule has 1 aliphatic rings. The molecule has 0 saturated carbocycles. The van der Waals surface area contributed by atoms with E-state index in [0.717, 1.165) is 13.0 Å². The van der Waals surface area contributed by atoms with Crippen LogP contribution < -0.4 is 10.2 Å². The summed E-state index contributed by atoms with van der Waals surface area (Å²) in [6.45, 7) is 8.25. The van der Waals surface area contributed by atoms with Crippen LogP contribution in [0.25, 0.3) is 0 Å². The number of amides is 1. The normalized spacial score (nSPS) is 15.2. The predicted molar refractivity (Wildman–Crippen MR) is 122 cm³/mol. The van der Waals surface area contributed by atoms with E-state index in [-0.39, 0.29) is 17.4 Å². The van der Waals surface area contributed by atoms with Crippen molar-refractivity contribution in [1.82, 2.24) is 10.2 Å². The Morgan fingerprint density at radius 1 is 1.14 bits per heavy atom. The van der Waals surface area contributed by atoms with Gasteiger partial charge in [-0.05, 0) is 67.2 Å². The molecule has 29 heavy (non-hydrogen) atoms. The van der Waals surface area contributed by atoms with E-state index >= 15 is 0 Å². The Balaban J connectivity index is 1.71. The first kappa shape index (κ1) is 21.4. The zero-order valence-electron chi connectivity index (χ0n) is 18.7. The molecular formula is C25H35N3O. The molecule has 0 spiro atoms. The van der Waals surface area contributed by atoms with Crippen molar-refractivity contribution in [2.75, 3.05) is 39.1 Å². The highest BCUT2D eigenvalue weighted by atomic mass is 16.1. The molecule has 0 aromatic heterocycles. The van der Waals surface area contributed by atoms with E-state index in [1.807, 2.05) is 12.1 Å². The molecule has 156 valence electrons. The molecular weight excluding hydrogens is 358 g/mol. The number of benzene rings is 2. The molecule has 1 N–H and O–H groups in total. The zero-order valence-corrected chi connectivity index (χ0v) is 18.7. The van der Waals surface area contributed by atoms with Gasteiger partial charge >= 0.3 is 0 Å². The van der Waals surface area contributed by atoms with Gasteiger partial charge in [-0.1, -0.05) is 45.0 Å². The number of likely N-dealkylation sites (N-methyl/N-ethyl adjacent to an activating group) is 1. The summed E-state index contributed by atoms with van der Waals surface area (Å²) >= 11 is 0. The van der Waals surface area contributed by atoms with Gasteiger partial charge in [-0.15, -0.1) is 0 Å². The maximum absolute atomic E-state index is 12.7. The maximum Gasteiger partial charge on any atom is 0.251 e. The highest BCUT2D eigenvalue weighted by Crippen LogP contribution is 2.30. The largest absolute Gasteiger partial charge is 0.374 e. The second kappa shape index (κ2) is 8.58. The van der Waals surface area contributed by atoms with Crippen molar-refractivity contribution < 1.29 is 4.79 Å². The van der Waals surface area contributed by atoms with Crippen LogP contribution in [-0.4, -0.2) is 45.0 Å². The van der Waals surface area contributed by atoms with Crippen LogP contribution >= 0.6 is 0 Å². The van der Waals surface area contributed by atoms with Gasteiger partial charge in [0.25, 0.3) is 5.91 Å². The van der Waals surface area contributed by atoms with Crippen LogP contribution in [-0.2, 0) is 11.8 Å². The van der Waals surface area contributed by atoms with Gasteiger partial charge in [-0.25, -0.2) is 0 Å². The lowest BCUT2D eigenvalue weighted by atomic mass is 9.86. The SMILES string of the molecule is CN1CCCc2cc(C(CNC(=O)c3ccc(C(C)(C)C)cc3)N(C)C)ccc21. The number of anilines is 1. The van der Waals surface area contributed by atoms with Gasteiger partial charge < -0.3 is 15.1 Å². The smallest absolute Gasteiger partial charge is 0.251 e. The van der Waals surface area contributed by atoms with Gasteiger partial charge in [0.05, 0.1) is 6.04 Å². The first-order chi connectivity index (χ1) is 13.7. The van der Waals surface area contributed by atoms with Gasteiger partial charge in [0.15, 0.2) is 0 Å². The van der Waals surface area contributed by atoms with E-state index in [9.17, 15) is 4.79 Å². The summed E-state index contributed by atoms with van der Waals surface area (Å²) in [5, 5.41) is 3.13. The van der Waals surface area contributed by atoms with Crippen molar-refractivity contribution in [2.45, 2.75) is 45.1 Å². The van der Waals surface area contributed by atoms with Crippen LogP contribution in [0.3, 0.4) is 0 Å². The summed E-state index contributed by atoms with van der Waals surface area (Å²) in [5.74, 6) is -0.0185. The number of aryl methyl sites for hydroxylation is 1. The number of carbonyl (C=O) groups excluding carboxylic acids is 1. The van der Waals surface area contributed by atoms with Crippen LogP contribution in [0.2, 0.25) is 0 Å². The summed E-state index contributed by atoms with van der Waals surface area (Å²) in [5.41, 5.74) is 6.04. The third kappa shape index (κ3) is 4.99. The molecule has 0 fully saturated rings. The lowest BCUT2D eigenvalue weighted by molar-refractivity contribution is 0.0942. The Morgan fingerprint density at radius 2 is 1.83 bits per heavy atom. The number of carbonyl (C=O) groups is 1. The first-order valence-electron chi connectivity index (χ1n) is 10.6. The molecule has 4 nitrogen and oxygen atoms in total. The highest BCUT2D eigenvalue weighted by molar-refractivity contribution is 5.94. The van der Waals surface area contributed by atoms with Gasteiger partial charge in [0.1, 0.15) is 0 Å². The standard InChI is InChI=1S/C25H35N3O/c1-25(2,3)21-12-9-18(10-13-21)24(29)26-17-23(27(4)5)20-11-14-22-19(16-20)8-7-15-28(22)6/h9-14,16,23H,7-8,15,17H2,1-6H3,(H,26,29). The van der Waals surface area contributed by atoms with Crippen LogP contribution in [0.15, 0.2) is 42.5 Å². The molecule has 1 aliphatic heterocycles. The topological polar surface area (TPSA) is 35.6 Å². The fraction of sp³-hybridized carbons (Fsp3) is 0.480. The lowest BCUT2D eigenvalue weighted by Gasteiger charge is -2.30. The number of nitrogens with one attached hydrogen (secondary N) is 1. The molecule has 1 heterocycles. The summed E-state index contributed by atoms with van der Waals surface area (Å²) in [7, 11) is 6.30. The molecule has 0 radical (unpaired) electrons. The quantitative estimate of drug-likeness (QED) is 0.818. The Bertz CT molecular complexity index is 849. The Hall–Kier alpha value is -2.33. The molecule has 1 atom stereocenters. The number of rotatable bonds is 5. The second-order valence-electron chi connectivity index (χ2n) is 9.43. The molecule has 3 rings (SSSR count). The van der Waals surface area contributed by atoms with Crippen LogP contribution in [0.1, 0.15) is 60.3 Å². The fourth-order valence-corrected chi connectivity index (χ4v) is 4.02. The van der Waals surface area contributed by atoms with Crippen molar-refractivity contribution in [2.24, 2.45) is 0 Å². The average Bonchev–Trinajstić information content (AvgIpc) is 2.67. The van der Waals surface area contributed by atoms with Gasteiger partial charge in [0, 0.05) is 31.4 Å². The van der Waals surface area contributed by atoms with Crippen molar-refractivity contribution in [3.63, 3.8) is 0 Å². The van der Waals surface area contributed by atoms with Crippen molar-refractivity contribution in [3.8, 4) is 0 Å². The molecule has 0 bridgehead atoms. The Labute approximate surface area is 175 Å². The van der Waals surface area contributed by atoms with E-state index in [1.165, 1.54) is 28.8 Å². The molecule has 1 amide bonds. The van der Waals surface area contributed by atoms with Crippen molar-refractivity contribution >= 4 is 11.6 Å². The van der Waals surface area contributed by atoms with E-state index in [4.69, 9.17) is 0 Å². The summed E-state index contributed by atoms with van der Waals surface area (Å²) in [6.07, 6.45) is 2.32. The van der Waals surface area contributed by atoms with Gasteiger partial charge in [0.2, 0.25) is 0 Å². The van der Waals surface area contributed by atoms with E-state index in [0.29, 0.717) is 12.1 Å². The molecule has 1 unspecified atom stereocenters. The minimum absolute atomic E-state index is 0.0185. The van der Waals surface area contributed by atoms with E-state index in [2.05, 4.69) is 87.4 Å². The molecule has 4 heteroatoms. The zero-order chi connectivity index (χ0) is 21.2. The molecule has 2 aromatic rings. The summed E-state index contributed by atoms with van der Waals surface area (Å²) in [6, 6.07) is 14.9. The van der Waals surface area contributed by atoms with Crippen LogP contribution in [0.5, 0.6) is 0 Å². The van der Waals surface area contributed by atoms with E-state index in [1.54, 1.807) is 0 Å². The van der Waals surface area contributed by atoms with E-state index < -0.39 is 0 Å². The Morgan fingerprint density at radius 3 is 2.45 bits per heavy atom. The van der Waals surface area contributed by atoms with Crippen molar-refractivity contribution in [1.29, 1.82) is 0 Å². The third-order valence-electron chi connectivity index (χ3n) is 5.93. The van der Waals surface area contributed by atoms with Crippen LogP contribution in [0, 0.1) is 0 Å². The molecule has 0 saturated heterocycles. The molecule has 0 aliphatic carbocycles. The molecule has 2 aromatic carbocycles. The summed E-state index contributed by atoms with van der Waals surface area (Å²) < 4.78 is 0. The number of nitrogens with zero attached hydrogens (tertiary/aromatic N) is 2. The number of fused-ring (bicyclic) bond motifs is 1. The maximum atomic E-state index is 12.7. The number of hydrogen-bond donors (Lipinski definition) is 1. The predicted octanol–water partition coefficient (Wildman–Crippen LogP) is 4.40. The highest BCUT2D eigenvalue weighted by Gasteiger charge is 2.20. The van der Waals surface area contributed by atoms with Crippen molar-refractivity contribution in [3.05, 3.63) is 64.7 Å². The average molecular weight is 394 g/mol. The summed E-state index contributed by atoms with van der Waals surface area (Å²) in [4.78, 5) is 17.2. The van der Waals surface area contributed by atoms with Crippen LogP contribution in [0.4, 0.5) is 5.69 Å². The monoisotopic (exact) mass is 393 g/mol. The first-order valence-corrected chi connectivity index (χ1v) is 10.6. The van der Waals surface area contributed by atoms with Gasteiger partial charge in [-0.2, -0.15) is 0 Å². The second-order valence-corrected chi connectivity index (χ2v) is 9.43.